The van der Waals surface area contributed by atoms with Gasteiger partial charge in [0, 0.05) is 69.9 Å². The number of fused-ring (bicyclic) bond motifs is 16. The molecule has 0 fully saturated rings. The number of thiophene rings is 1. The maximum Gasteiger partial charge on any atom is 0.159 e. The maximum atomic E-state index is 6.73. The predicted octanol–water partition coefficient (Wildman–Crippen LogP) is 19.4. The Hall–Kier alpha value is -8.90. The fourth-order valence-corrected chi connectivity index (χ4v) is 12.3. The van der Waals surface area contributed by atoms with Gasteiger partial charge in [-0.2, -0.15) is 0 Å². The van der Waals surface area contributed by atoms with Crippen LogP contribution in [0.5, 0.6) is 0 Å². The van der Waals surface area contributed by atoms with Crippen molar-refractivity contribution in [3.05, 3.63) is 231 Å². The van der Waals surface area contributed by atoms with Crippen LogP contribution in [0, 0.1) is 0 Å². The summed E-state index contributed by atoms with van der Waals surface area (Å²) in [6, 6.07) is 83.2. The molecule has 0 unspecified atom stereocenters. The third-order valence-electron chi connectivity index (χ3n) is 14.2. The Morgan fingerprint density at radius 2 is 0.739 bits per heavy atom. The lowest BCUT2D eigenvalue weighted by molar-refractivity contribution is 0.668. The van der Waals surface area contributed by atoms with E-state index in [2.05, 4.69) is 228 Å². The van der Waals surface area contributed by atoms with Crippen molar-refractivity contribution < 1.29 is 8.83 Å². The number of para-hydroxylation sites is 4. The second-order valence-corrected chi connectivity index (χ2v) is 19.1. The van der Waals surface area contributed by atoms with Gasteiger partial charge in [-0.15, -0.1) is 11.3 Å². The van der Waals surface area contributed by atoms with Gasteiger partial charge in [0.05, 0.1) is 11.4 Å². The minimum Gasteiger partial charge on any atom is -0.454 e. The Kier molecular flexibility index (Phi) is 8.20. The number of anilines is 6. The van der Waals surface area contributed by atoms with Gasteiger partial charge in [0.25, 0.3) is 0 Å². The molecule has 12 aromatic carbocycles. The summed E-state index contributed by atoms with van der Waals surface area (Å²) >= 11 is 1.87. The molecule has 0 bridgehead atoms. The zero-order valence-corrected chi connectivity index (χ0v) is 37.9. The summed E-state index contributed by atoms with van der Waals surface area (Å²) in [6.07, 6.45) is 0. The molecule has 0 aliphatic heterocycles. The first-order valence-electron chi connectivity index (χ1n) is 23.4. The van der Waals surface area contributed by atoms with Gasteiger partial charge in [-0.1, -0.05) is 158 Å². The fourth-order valence-electron chi connectivity index (χ4n) is 11.0. The average molecular weight is 899 g/mol. The van der Waals surface area contributed by atoms with Gasteiger partial charge in [-0.25, -0.2) is 0 Å². The molecule has 0 aliphatic rings. The zero-order chi connectivity index (χ0) is 45.2. The second kappa shape index (κ2) is 14.8. The number of nitrogens with zero attached hydrogens (tertiary/aromatic N) is 2. The number of rotatable bonds is 6. The summed E-state index contributed by atoms with van der Waals surface area (Å²) in [5, 5.41) is 16.6. The van der Waals surface area contributed by atoms with Crippen LogP contribution in [0.25, 0.3) is 107 Å². The van der Waals surface area contributed by atoms with E-state index in [0.717, 1.165) is 78.0 Å². The van der Waals surface area contributed by atoms with Crippen LogP contribution in [0.1, 0.15) is 0 Å². The molecule has 0 spiro atoms. The molecule has 15 aromatic rings. The Labute approximate surface area is 399 Å². The standard InChI is InChI=1S/C64H38N2O2S/c1-3-15-41-35-43(29-27-39(41)13-1)65(56-23-11-21-51-48-18-7-9-25-58(48)67-62(51)56)45-31-33-53-55(37-45)47-17-5-6-20-50(47)61-54-34-32-46(38-60(54)69-64(53)61)66(44-30-28-40-14-2-4-16-42(40)36-44)57-24-12-22-52-49-19-8-10-26-59(49)68-63(52)57/h1-38H. The van der Waals surface area contributed by atoms with Crippen LogP contribution in [-0.4, -0.2) is 0 Å². The minimum absolute atomic E-state index is 0.863. The van der Waals surface area contributed by atoms with Crippen LogP contribution in [0.15, 0.2) is 239 Å². The SMILES string of the molecule is c1ccc2cc(N(c3ccc4c(c3)sc3c5ccc(N(c6ccc7ccccc7c6)c6cccc7c6oc6ccccc67)cc5c5ccccc5c43)c3cccc4c3oc3ccccc34)ccc2c1. The Morgan fingerprint density at radius 1 is 0.290 bits per heavy atom. The van der Waals surface area contributed by atoms with Gasteiger partial charge in [-0.3, -0.25) is 0 Å². The third kappa shape index (κ3) is 5.81. The van der Waals surface area contributed by atoms with Crippen LogP contribution >= 0.6 is 11.3 Å². The maximum absolute atomic E-state index is 6.73. The van der Waals surface area contributed by atoms with Crippen LogP contribution in [0.3, 0.4) is 0 Å². The van der Waals surface area contributed by atoms with Gasteiger partial charge < -0.3 is 18.6 Å². The van der Waals surface area contributed by atoms with Crippen LogP contribution in [0.4, 0.5) is 34.1 Å². The van der Waals surface area contributed by atoms with E-state index in [9.17, 15) is 0 Å². The number of furan rings is 2. The molecule has 0 saturated carbocycles. The lowest BCUT2D eigenvalue weighted by Gasteiger charge is -2.26. The quantitative estimate of drug-likeness (QED) is 0.156. The van der Waals surface area contributed by atoms with E-state index in [1.807, 2.05) is 23.5 Å². The molecule has 0 saturated heterocycles. The molecule has 0 radical (unpaired) electrons. The first-order chi connectivity index (χ1) is 34.2. The van der Waals surface area contributed by atoms with Crippen LogP contribution in [-0.2, 0) is 0 Å². The lowest BCUT2D eigenvalue weighted by atomic mass is 9.96. The average Bonchev–Trinajstić information content (AvgIpc) is 4.11. The van der Waals surface area contributed by atoms with Gasteiger partial charge in [-0.05, 0) is 110 Å². The van der Waals surface area contributed by atoms with E-state index in [1.54, 1.807) is 0 Å². The molecule has 3 heterocycles. The van der Waals surface area contributed by atoms with Crippen molar-refractivity contribution in [1.29, 1.82) is 0 Å². The Balaban J connectivity index is 0.951. The molecular weight excluding hydrogens is 861 g/mol. The summed E-state index contributed by atoms with van der Waals surface area (Å²) < 4.78 is 15.9. The highest BCUT2D eigenvalue weighted by Crippen LogP contribution is 2.50. The Morgan fingerprint density at radius 3 is 1.33 bits per heavy atom. The monoisotopic (exact) mass is 898 g/mol. The zero-order valence-electron chi connectivity index (χ0n) is 37.1. The highest BCUT2D eigenvalue weighted by atomic mass is 32.1. The molecule has 0 aliphatic carbocycles. The van der Waals surface area contributed by atoms with Crippen molar-refractivity contribution in [2.45, 2.75) is 0 Å². The molecular formula is C64H38N2O2S. The number of hydrogen-bond donors (Lipinski definition) is 0. The van der Waals surface area contributed by atoms with Crippen molar-refractivity contribution in [3.8, 4) is 0 Å². The molecule has 4 nitrogen and oxygen atoms in total. The first kappa shape index (κ1) is 38.2. The fraction of sp³-hybridized carbons (Fsp3) is 0. The smallest absolute Gasteiger partial charge is 0.159 e. The van der Waals surface area contributed by atoms with Gasteiger partial charge >= 0.3 is 0 Å². The topological polar surface area (TPSA) is 32.8 Å². The van der Waals surface area contributed by atoms with Crippen molar-refractivity contribution >= 4 is 153 Å². The van der Waals surface area contributed by atoms with Crippen LogP contribution < -0.4 is 9.80 Å². The largest absolute Gasteiger partial charge is 0.454 e. The molecule has 5 heteroatoms. The van der Waals surface area contributed by atoms with Crippen molar-refractivity contribution in [3.63, 3.8) is 0 Å². The normalized spacial score (nSPS) is 12.1. The number of hydrogen-bond acceptors (Lipinski definition) is 5. The third-order valence-corrected chi connectivity index (χ3v) is 15.3. The van der Waals surface area contributed by atoms with E-state index in [0.29, 0.717) is 0 Å². The van der Waals surface area contributed by atoms with Crippen molar-refractivity contribution in [2.75, 3.05) is 9.80 Å². The van der Waals surface area contributed by atoms with Crippen molar-refractivity contribution in [2.24, 2.45) is 0 Å². The Bertz CT molecular complexity index is 4600. The molecule has 0 atom stereocenters. The van der Waals surface area contributed by atoms with E-state index in [4.69, 9.17) is 8.83 Å². The highest BCUT2D eigenvalue weighted by molar-refractivity contribution is 7.27. The van der Waals surface area contributed by atoms with Gasteiger partial charge in [0.15, 0.2) is 11.2 Å². The lowest BCUT2D eigenvalue weighted by Crippen LogP contribution is -2.10. The summed E-state index contributed by atoms with van der Waals surface area (Å²) in [4.78, 5) is 4.74. The number of benzene rings is 12. The molecule has 15 rings (SSSR count). The van der Waals surface area contributed by atoms with Crippen LogP contribution in [0.2, 0.25) is 0 Å². The van der Waals surface area contributed by atoms with E-state index < -0.39 is 0 Å². The first-order valence-corrected chi connectivity index (χ1v) is 24.2. The summed E-state index contributed by atoms with van der Waals surface area (Å²) in [5.74, 6) is 0. The van der Waals surface area contributed by atoms with E-state index in [-0.39, 0.29) is 0 Å². The minimum atomic E-state index is 0.863. The molecule has 0 N–H and O–H groups in total. The molecule has 69 heavy (non-hydrogen) atoms. The van der Waals surface area contributed by atoms with Gasteiger partial charge in [0.1, 0.15) is 11.2 Å². The summed E-state index contributed by atoms with van der Waals surface area (Å²) in [6.45, 7) is 0. The van der Waals surface area contributed by atoms with Gasteiger partial charge in [0.2, 0.25) is 0 Å². The molecule has 3 aromatic heterocycles. The van der Waals surface area contributed by atoms with E-state index in [1.165, 1.54) is 63.3 Å². The second-order valence-electron chi connectivity index (χ2n) is 18.0. The predicted molar refractivity (Wildman–Crippen MR) is 293 cm³/mol. The molecule has 322 valence electrons. The van der Waals surface area contributed by atoms with Crippen molar-refractivity contribution in [1.82, 2.24) is 0 Å². The summed E-state index contributed by atoms with van der Waals surface area (Å²) in [7, 11) is 0. The van der Waals surface area contributed by atoms with E-state index >= 15 is 0 Å². The molecule has 0 amide bonds. The summed E-state index contributed by atoms with van der Waals surface area (Å²) in [5.41, 5.74) is 9.74. The highest BCUT2D eigenvalue weighted by Gasteiger charge is 2.24.